The van der Waals surface area contributed by atoms with Gasteiger partial charge in [0.15, 0.2) is 11.5 Å². The van der Waals surface area contributed by atoms with Crippen molar-refractivity contribution < 1.29 is 9.47 Å². The summed E-state index contributed by atoms with van der Waals surface area (Å²) in [5, 5.41) is 0. The van der Waals surface area contributed by atoms with Gasteiger partial charge in [0.25, 0.3) is 0 Å². The molecule has 1 aliphatic carbocycles. The Hall–Kier alpha value is -1.26. The fourth-order valence-electron chi connectivity index (χ4n) is 3.71. The van der Waals surface area contributed by atoms with E-state index in [4.69, 9.17) is 15.3 Å². The van der Waals surface area contributed by atoms with Gasteiger partial charge in [-0.25, -0.2) is 0 Å². The van der Waals surface area contributed by atoms with Crippen molar-refractivity contribution >= 4 is 0 Å². The summed E-state index contributed by atoms with van der Waals surface area (Å²) < 4.78 is 11.5. The van der Waals surface area contributed by atoms with Gasteiger partial charge in [0.1, 0.15) is 0 Å². The lowest BCUT2D eigenvalue weighted by Crippen LogP contribution is -2.41. The third-order valence-corrected chi connectivity index (χ3v) is 4.96. The summed E-state index contributed by atoms with van der Waals surface area (Å²) in [6.07, 6.45) is 7.29. The summed E-state index contributed by atoms with van der Waals surface area (Å²) in [7, 11) is 0. The molecule has 3 N–H and O–H groups in total. The fourth-order valence-corrected chi connectivity index (χ4v) is 3.71. The van der Waals surface area contributed by atoms with Crippen LogP contribution in [0.3, 0.4) is 0 Å². The Balaban J connectivity index is 1.88. The lowest BCUT2D eigenvalue weighted by atomic mass is 9.69. The molecule has 0 bridgehead atoms. The second kappa shape index (κ2) is 6.24. The summed E-state index contributed by atoms with van der Waals surface area (Å²) in [4.78, 5) is 0. The number of nitrogens with one attached hydrogen (secondary N) is 1. The van der Waals surface area contributed by atoms with E-state index in [2.05, 4.69) is 24.5 Å². The summed E-state index contributed by atoms with van der Waals surface area (Å²) in [5.41, 5.74) is 4.47. The standard InChI is InChI=1S/C17H26N2O2/c1-17(8-3-2-4-9-17)16(19-18)13-6-7-14-15(12-13)21-11-5-10-20-14/h6-7,12,16,19H,2-5,8-11,18H2,1H3. The summed E-state index contributed by atoms with van der Waals surface area (Å²) in [5.74, 6) is 7.61. The summed E-state index contributed by atoms with van der Waals surface area (Å²) in [6, 6.07) is 6.41. The topological polar surface area (TPSA) is 56.5 Å². The highest BCUT2D eigenvalue weighted by Gasteiger charge is 2.36. The zero-order valence-electron chi connectivity index (χ0n) is 12.9. The average molecular weight is 290 g/mol. The Labute approximate surface area is 127 Å². The largest absolute Gasteiger partial charge is 0.490 e. The smallest absolute Gasteiger partial charge is 0.161 e. The first-order valence-electron chi connectivity index (χ1n) is 8.09. The second-order valence-corrected chi connectivity index (χ2v) is 6.57. The molecule has 0 saturated heterocycles. The van der Waals surface area contributed by atoms with E-state index in [0.29, 0.717) is 6.61 Å². The van der Waals surface area contributed by atoms with Crippen molar-refractivity contribution in [2.75, 3.05) is 13.2 Å². The first-order chi connectivity index (χ1) is 10.2. The van der Waals surface area contributed by atoms with Crippen LogP contribution in [-0.4, -0.2) is 13.2 Å². The van der Waals surface area contributed by atoms with Gasteiger partial charge in [-0.3, -0.25) is 11.3 Å². The first-order valence-corrected chi connectivity index (χ1v) is 8.09. The molecule has 0 amide bonds. The van der Waals surface area contributed by atoms with Gasteiger partial charge in [-0.15, -0.1) is 0 Å². The van der Waals surface area contributed by atoms with Crippen molar-refractivity contribution in [3.63, 3.8) is 0 Å². The molecule has 116 valence electrons. The average Bonchev–Trinajstić information content (AvgIpc) is 2.73. The molecule has 1 heterocycles. The number of benzene rings is 1. The lowest BCUT2D eigenvalue weighted by Gasteiger charge is -2.40. The van der Waals surface area contributed by atoms with Crippen LogP contribution in [0, 0.1) is 5.41 Å². The van der Waals surface area contributed by atoms with E-state index in [9.17, 15) is 0 Å². The molecule has 0 spiro atoms. The molecule has 4 heteroatoms. The number of ether oxygens (including phenoxy) is 2. The Bertz CT molecular complexity index is 484. The van der Waals surface area contributed by atoms with Crippen LogP contribution in [0.15, 0.2) is 18.2 Å². The van der Waals surface area contributed by atoms with E-state index < -0.39 is 0 Å². The van der Waals surface area contributed by atoms with Gasteiger partial charge in [-0.2, -0.15) is 0 Å². The Morgan fingerprint density at radius 2 is 1.76 bits per heavy atom. The van der Waals surface area contributed by atoms with Crippen molar-refractivity contribution in [3.05, 3.63) is 23.8 Å². The quantitative estimate of drug-likeness (QED) is 0.662. The van der Waals surface area contributed by atoms with Crippen molar-refractivity contribution in [2.24, 2.45) is 11.3 Å². The van der Waals surface area contributed by atoms with Crippen LogP contribution in [0.4, 0.5) is 0 Å². The molecule has 3 rings (SSSR count). The van der Waals surface area contributed by atoms with Crippen molar-refractivity contribution in [2.45, 2.75) is 51.5 Å². The zero-order valence-corrected chi connectivity index (χ0v) is 12.9. The maximum atomic E-state index is 5.91. The third-order valence-electron chi connectivity index (χ3n) is 4.96. The number of hydrogen-bond donors (Lipinski definition) is 2. The van der Waals surface area contributed by atoms with Crippen LogP contribution in [0.25, 0.3) is 0 Å². The maximum Gasteiger partial charge on any atom is 0.161 e. The molecule has 2 aliphatic rings. The van der Waals surface area contributed by atoms with Crippen LogP contribution in [0.2, 0.25) is 0 Å². The Kier molecular flexibility index (Phi) is 4.36. The fraction of sp³-hybridized carbons (Fsp3) is 0.647. The van der Waals surface area contributed by atoms with Gasteiger partial charge in [0.05, 0.1) is 19.3 Å². The lowest BCUT2D eigenvalue weighted by molar-refractivity contribution is 0.145. The van der Waals surface area contributed by atoms with Gasteiger partial charge in [-0.1, -0.05) is 32.3 Å². The van der Waals surface area contributed by atoms with E-state index >= 15 is 0 Å². The minimum absolute atomic E-state index is 0.162. The number of rotatable bonds is 3. The van der Waals surface area contributed by atoms with E-state index in [1.807, 2.05) is 6.07 Å². The van der Waals surface area contributed by atoms with Gasteiger partial charge >= 0.3 is 0 Å². The van der Waals surface area contributed by atoms with Crippen molar-refractivity contribution in [1.82, 2.24) is 5.43 Å². The molecule has 1 unspecified atom stereocenters. The molecule has 1 fully saturated rings. The highest BCUT2D eigenvalue weighted by molar-refractivity contribution is 5.44. The van der Waals surface area contributed by atoms with E-state index in [1.54, 1.807) is 0 Å². The van der Waals surface area contributed by atoms with Crippen molar-refractivity contribution in [1.29, 1.82) is 0 Å². The molecular weight excluding hydrogens is 264 g/mol. The molecule has 1 aromatic rings. The highest BCUT2D eigenvalue weighted by Crippen LogP contribution is 2.46. The van der Waals surface area contributed by atoms with Crippen LogP contribution >= 0.6 is 0 Å². The van der Waals surface area contributed by atoms with Crippen LogP contribution in [0.1, 0.15) is 57.1 Å². The van der Waals surface area contributed by atoms with Gasteiger partial charge < -0.3 is 9.47 Å². The van der Waals surface area contributed by atoms with Gasteiger partial charge in [0.2, 0.25) is 0 Å². The number of hydrogen-bond acceptors (Lipinski definition) is 4. The normalized spacial score (nSPS) is 22.4. The number of nitrogens with two attached hydrogens (primary N) is 1. The van der Waals surface area contributed by atoms with Crippen LogP contribution < -0.4 is 20.7 Å². The number of fused-ring (bicyclic) bond motifs is 1. The van der Waals surface area contributed by atoms with Crippen LogP contribution in [0.5, 0.6) is 11.5 Å². The minimum atomic E-state index is 0.162. The zero-order chi connectivity index (χ0) is 14.7. The summed E-state index contributed by atoms with van der Waals surface area (Å²) >= 11 is 0. The number of hydrazine groups is 1. The monoisotopic (exact) mass is 290 g/mol. The Morgan fingerprint density at radius 1 is 1.05 bits per heavy atom. The molecular formula is C17H26N2O2. The first kappa shape index (κ1) is 14.7. The molecule has 4 nitrogen and oxygen atoms in total. The minimum Gasteiger partial charge on any atom is -0.490 e. The highest BCUT2D eigenvalue weighted by atomic mass is 16.5. The van der Waals surface area contributed by atoms with E-state index in [1.165, 1.54) is 37.7 Å². The SMILES string of the molecule is CC1(C(NN)c2ccc3c(c2)OCCCO3)CCCCC1. The van der Waals surface area contributed by atoms with E-state index in [0.717, 1.165) is 24.5 Å². The second-order valence-electron chi connectivity index (χ2n) is 6.57. The molecule has 1 aliphatic heterocycles. The Morgan fingerprint density at radius 3 is 2.48 bits per heavy atom. The predicted octanol–water partition coefficient (Wildman–Crippen LogP) is 3.32. The predicted molar refractivity (Wildman–Crippen MR) is 83.3 cm³/mol. The molecule has 0 aromatic heterocycles. The van der Waals surface area contributed by atoms with E-state index in [-0.39, 0.29) is 11.5 Å². The third kappa shape index (κ3) is 3.01. The molecule has 0 radical (unpaired) electrons. The van der Waals surface area contributed by atoms with Gasteiger partial charge in [0, 0.05) is 6.42 Å². The van der Waals surface area contributed by atoms with Crippen molar-refractivity contribution in [3.8, 4) is 11.5 Å². The molecule has 1 saturated carbocycles. The molecule has 1 atom stereocenters. The van der Waals surface area contributed by atoms with Gasteiger partial charge in [-0.05, 0) is 36.0 Å². The molecule has 21 heavy (non-hydrogen) atoms. The summed E-state index contributed by atoms with van der Waals surface area (Å²) in [6.45, 7) is 3.79. The van der Waals surface area contributed by atoms with Crippen LogP contribution in [-0.2, 0) is 0 Å². The maximum absolute atomic E-state index is 5.91. The molecule has 1 aromatic carbocycles.